The standard InChI is InChI=1S/C14H12O3/c1-2-16-14(15)10-17-13-9-5-7-11-6-3-4-8-12(11)13/h2-9H,1,10H2. The maximum atomic E-state index is 11.1. The van der Waals surface area contributed by atoms with Crippen LogP contribution in [-0.2, 0) is 9.53 Å². The van der Waals surface area contributed by atoms with Crippen molar-refractivity contribution in [2.45, 2.75) is 0 Å². The highest BCUT2D eigenvalue weighted by Crippen LogP contribution is 2.24. The first-order valence-electron chi connectivity index (χ1n) is 5.22. The van der Waals surface area contributed by atoms with Crippen LogP contribution in [0.3, 0.4) is 0 Å². The predicted molar refractivity (Wildman–Crippen MR) is 65.7 cm³/mol. The minimum Gasteiger partial charge on any atom is -0.481 e. The van der Waals surface area contributed by atoms with Crippen molar-refractivity contribution in [2.75, 3.05) is 6.61 Å². The molecule has 0 saturated carbocycles. The molecule has 0 N–H and O–H groups in total. The second-order valence-electron chi connectivity index (χ2n) is 3.42. The highest BCUT2D eigenvalue weighted by Gasteiger charge is 2.05. The number of esters is 1. The quantitative estimate of drug-likeness (QED) is 0.596. The molecule has 0 radical (unpaired) electrons. The number of carbonyl (C=O) groups excluding carboxylic acids is 1. The first-order chi connectivity index (χ1) is 8.31. The Bertz CT molecular complexity index is 541. The monoisotopic (exact) mass is 228 g/mol. The second kappa shape index (κ2) is 5.16. The Kier molecular flexibility index (Phi) is 3.40. The van der Waals surface area contributed by atoms with Gasteiger partial charge in [-0.25, -0.2) is 4.79 Å². The molecule has 86 valence electrons. The largest absolute Gasteiger partial charge is 0.481 e. The van der Waals surface area contributed by atoms with Crippen LogP contribution in [0.4, 0.5) is 0 Å². The topological polar surface area (TPSA) is 35.5 Å². The summed E-state index contributed by atoms with van der Waals surface area (Å²) in [5, 5.41) is 2.04. The number of fused-ring (bicyclic) bond motifs is 1. The fraction of sp³-hybridized carbons (Fsp3) is 0.0714. The molecular formula is C14H12O3. The van der Waals surface area contributed by atoms with Crippen LogP contribution in [0.2, 0.25) is 0 Å². The van der Waals surface area contributed by atoms with E-state index < -0.39 is 5.97 Å². The van der Waals surface area contributed by atoms with Crippen molar-refractivity contribution in [3.05, 3.63) is 55.3 Å². The molecule has 3 heteroatoms. The smallest absolute Gasteiger partial charge is 0.348 e. The third-order valence-electron chi connectivity index (χ3n) is 2.31. The molecule has 0 unspecified atom stereocenters. The van der Waals surface area contributed by atoms with Crippen LogP contribution < -0.4 is 4.74 Å². The molecule has 0 heterocycles. The second-order valence-corrected chi connectivity index (χ2v) is 3.42. The van der Waals surface area contributed by atoms with Crippen molar-refractivity contribution < 1.29 is 14.3 Å². The summed E-state index contributed by atoms with van der Waals surface area (Å²) in [6.07, 6.45) is 1.09. The molecule has 2 rings (SSSR count). The van der Waals surface area contributed by atoms with Gasteiger partial charge in [-0.2, -0.15) is 0 Å². The average molecular weight is 228 g/mol. The molecule has 2 aromatic carbocycles. The number of carbonyl (C=O) groups is 1. The molecule has 0 spiro atoms. The van der Waals surface area contributed by atoms with E-state index in [0.717, 1.165) is 17.0 Å². The van der Waals surface area contributed by atoms with E-state index in [0.29, 0.717) is 5.75 Å². The van der Waals surface area contributed by atoms with Gasteiger partial charge in [-0.3, -0.25) is 0 Å². The van der Waals surface area contributed by atoms with Crippen molar-refractivity contribution in [2.24, 2.45) is 0 Å². The molecule has 3 nitrogen and oxygen atoms in total. The van der Waals surface area contributed by atoms with Gasteiger partial charge in [0.15, 0.2) is 6.61 Å². The zero-order chi connectivity index (χ0) is 12.1. The fourth-order valence-electron chi connectivity index (χ4n) is 1.59. The van der Waals surface area contributed by atoms with Crippen molar-refractivity contribution in [1.82, 2.24) is 0 Å². The van der Waals surface area contributed by atoms with Crippen LogP contribution >= 0.6 is 0 Å². The van der Waals surface area contributed by atoms with E-state index in [-0.39, 0.29) is 6.61 Å². The molecule has 0 fully saturated rings. The minimum atomic E-state index is -0.465. The van der Waals surface area contributed by atoms with Gasteiger partial charge in [-0.05, 0) is 11.5 Å². The predicted octanol–water partition coefficient (Wildman–Crippen LogP) is 2.91. The summed E-state index contributed by atoms with van der Waals surface area (Å²) in [5.41, 5.74) is 0. The molecule has 0 aromatic heterocycles. The Labute approximate surface area is 99.3 Å². The lowest BCUT2D eigenvalue weighted by molar-refractivity contribution is -0.140. The summed E-state index contributed by atoms with van der Waals surface area (Å²) < 4.78 is 9.99. The summed E-state index contributed by atoms with van der Waals surface area (Å²) in [7, 11) is 0. The number of rotatable bonds is 4. The highest BCUT2D eigenvalue weighted by molar-refractivity contribution is 5.88. The number of ether oxygens (including phenoxy) is 2. The molecule has 2 aromatic rings. The third kappa shape index (κ3) is 2.64. The normalized spacial score (nSPS) is 9.88. The van der Waals surface area contributed by atoms with Crippen LogP contribution in [-0.4, -0.2) is 12.6 Å². The number of benzene rings is 2. The van der Waals surface area contributed by atoms with Gasteiger partial charge in [0.05, 0.1) is 6.26 Å². The summed E-state index contributed by atoms with van der Waals surface area (Å²) in [5.74, 6) is 0.206. The van der Waals surface area contributed by atoms with Gasteiger partial charge >= 0.3 is 5.97 Å². The number of hydrogen-bond donors (Lipinski definition) is 0. The molecule has 0 aliphatic rings. The average Bonchev–Trinajstić information content (AvgIpc) is 2.36. The van der Waals surface area contributed by atoms with Gasteiger partial charge in [0, 0.05) is 5.39 Å². The Morgan fingerprint density at radius 2 is 1.94 bits per heavy atom. The maximum absolute atomic E-state index is 11.1. The van der Waals surface area contributed by atoms with Crippen LogP contribution in [0, 0.1) is 0 Å². The summed E-state index contributed by atoms with van der Waals surface area (Å²) >= 11 is 0. The van der Waals surface area contributed by atoms with Gasteiger partial charge in [0.1, 0.15) is 5.75 Å². The fourth-order valence-corrected chi connectivity index (χ4v) is 1.59. The van der Waals surface area contributed by atoms with Crippen molar-refractivity contribution in [3.63, 3.8) is 0 Å². The van der Waals surface area contributed by atoms with E-state index in [2.05, 4.69) is 11.3 Å². The van der Waals surface area contributed by atoms with E-state index in [4.69, 9.17) is 4.74 Å². The van der Waals surface area contributed by atoms with Gasteiger partial charge in [-0.15, -0.1) is 0 Å². The van der Waals surface area contributed by atoms with Crippen LogP contribution in [0.1, 0.15) is 0 Å². The minimum absolute atomic E-state index is 0.125. The van der Waals surface area contributed by atoms with E-state index in [1.807, 2.05) is 42.5 Å². The lowest BCUT2D eigenvalue weighted by Crippen LogP contribution is -2.12. The third-order valence-corrected chi connectivity index (χ3v) is 2.31. The van der Waals surface area contributed by atoms with Gasteiger partial charge in [0.2, 0.25) is 0 Å². The summed E-state index contributed by atoms with van der Waals surface area (Å²) in [6.45, 7) is 3.18. The van der Waals surface area contributed by atoms with E-state index in [9.17, 15) is 4.79 Å². The van der Waals surface area contributed by atoms with Crippen molar-refractivity contribution >= 4 is 16.7 Å². The van der Waals surface area contributed by atoms with Crippen molar-refractivity contribution in [3.8, 4) is 5.75 Å². The Balaban J connectivity index is 2.18. The molecule has 0 saturated heterocycles. The molecule has 0 atom stereocenters. The summed E-state index contributed by atoms with van der Waals surface area (Å²) in [4.78, 5) is 11.1. The molecular weight excluding hydrogens is 216 g/mol. The highest BCUT2D eigenvalue weighted by atomic mass is 16.6. The Morgan fingerprint density at radius 1 is 1.18 bits per heavy atom. The van der Waals surface area contributed by atoms with Crippen molar-refractivity contribution in [1.29, 1.82) is 0 Å². The zero-order valence-corrected chi connectivity index (χ0v) is 9.26. The first kappa shape index (κ1) is 11.2. The van der Waals surface area contributed by atoms with Gasteiger partial charge < -0.3 is 9.47 Å². The van der Waals surface area contributed by atoms with E-state index >= 15 is 0 Å². The van der Waals surface area contributed by atoms with Gasteiger partial charge in [-0.1, -0.05) is 43.0 Å². The first-order valence-corrected chi connectivity index (χ1v) is 5.22. The van der Waals surface area contributed by atoms with Crippen LogP contribution in [0.25, 0.3) is 10.8 Å². The Morgan fingerprint density at radius 3 is 2.76 bits per heavy atom. The number of hydrogen-bond acceptors (Lipinski definition) is 3. The maximum Gasteiger partial charge on any atom is 0.348 e. The molecule has 0 aliphatic carbocycles. The molecule has 0 aliphatic heterocycles. The lowest BCUT2D eigenvalue weighted by atomic mass is 10.1. The molecule has 17 heavy (non-hydrogen) atoms. The summed E-state index contributed by atoms with van der Waals surface area (Å²) in [6, 6.07) is 13.5. The van der Waals surface area contributed by atoms with Crippen LogP contribution in [0.5, 0.6) is 5.75 Å². The van der Waals surface area contributed by atoms with Crippen LogP contribution in [0.15, 0.2) is 55.3 Å². The zero-order valence-electron chi connectivity index (χ0n) is 9.26. The molecule has 0 bridgehead atoms. The SMILES string of the molecule is C=COC(=O)COc1cccc2ccccc12. The molecule has 0 amide bonds. The lowest BCUT2D eigenvalue weighted by Gasteiger charge is -2.07. The van der Waals surface area contributed by atoms with E-state index in [1.54, 1.807) is 0 Å². The Hall–Kier alpha value is -2.29. The van der Waals surface area contributed by atoms with Gasteiger partial charge in [0.25, 0.3) is 0 Å². The van der Waals surface area contributed by atoms with E-state index in [1.165, 1.54) is 0 Å².